The van der Waals surface area contributed by atoms with Crippen LogP contribution < -0.4 is 5.32 Å². The van der Waals surface area contributed by atoms with E-state index < -0.39 is 0 Å². The summed E-state index contributed by atoms with van der Waals surface area (Å²) in [6, 6.07) is 0.598. The summed E-state index contributed by atoms with van der Waals surface area (Å²) in [6.45, 7) is 0. The van der Waals surface area contributed by atoms with Gasteiger partial charge in [-0.3, -0.25) is 0 Å². The zero-order chi connectivity index (χ0) is 11.9. The molecule has 2 aliphatic rings. The van der Waals surface area contributed by atoms with Gasteiger partial charge in [0.2, 0.25) is 0 Å². The van der Waals surface area contributed by atoms with Crippen molar-refractivity contribution >= 4 is 0 Å². The van der Waals surface area contributed by atoms with Crippen molar-refractivity contribution in [3.63, 3.8) is 0 Å². The minimum atomic E-state index is 0.477. The van der Waals surface area contributed by atoms with Crippen LogP contribution in [0.25, 0.3) is 0 Å². The maximum atomic E-state index is 6.43. The molecule has 0 aliphatic heterocycles. The van der Waals surface area contributed by atoms with Crippen molar-refractivity contribution in [1.82, 2.24) is 5.32 Å². The first-order valence-corrected chi connectivity index (χ1v) is 7.73. The summed E-state index contributed by atoms with van der Waals surface area (Å²) >= 11 is 0. The van der Waals surface area contributed by atoms with E-state index in [0.29, 0.717) is 18.2 Å². The van der Waals surface area contributed by atoms with Crippen LogP contribution in [0.4, 0.5) is 0 Å². The molecule has 1 N–H and O–H groups in total. The van der Waals surface area contributed by atoms with Gasteiger partial charge in [-0.05, 0) is 32.7 Å². The number of hydrogen-bond acceptors (Lipinski definition) is 2. The van der Waals surface area contributed by atoms with E-state index in [1.54, 1.807) is 0 Å². The second-order valence-electron chi connectivity index (χ2n) is 5.82. The number of ether oxygens (including phenoxy) is 1. The number of rotatable bonds is 3. The largest absolute Gasteiger partial charge is 0.373 e. The standard InChI is InChI=1S/C15H29NO/c1-16-14-11-7-4-8-12-15(14)17-13-9-5-2-3-6-10-13/h13-16H,2-12H2,1H3. The van der Waals surface area contributed by atoms with E-state index in [2.05, 4.69) is 12.4 Å². The first-order chi connectivity index (χ1) is 8.40. The van der Waals surface area contributed by atoms with Crippen LogP contribution >= 0.6 is 0 Å². The van der Waals surface area contributed by atoms with E-state index >= 15 is 0 Å². The first kappa shape index (κ1) is 13.4. The SMILES string of the molecule is CNC1CCCCCC1OC1CCCCCC1. The quantitative estimate of drug-likeness (QED) is 0.759. The van der Waals surface area contributed by atoms with E-state index in [9.17, 15) is 0 Å². The fourth-order valence-corrected chi connectivity index (χ4v) is 3.39. The third-order valence-electron chi connectivity index (χ3n) is 4.49. The topological polar surface area (TPSA) is 21.3 Å². The van der Waals surface area contributed by atoms with E-state index in [1.807, 2.05) is 0 Å². The van der Waals surface area contributed by atoms with Crippen LogP contribution in [0.15, 0.2) is 0 Å². The summed E-state index contributed by atoms with van der Waals surface area (Å²) in [5, 5.41) is 3.47. The molecule has 17 heavy (non-hydrogen) atoms. The Hall–Kier alpha value is -0.0800. The van der Waals surface area contributed by atoms with Gasteiger partial charge >= 0.3 is 0 Å². The van der Waals surface area contributed by atoms with Crippen molar-refractivity contribution in [2.75, 3.05) is 7.05 Å². The zero-order valence-electron chi connectivity index (χ0n) is 11.4. The predicted molar refractivity (Wildman–Crippen MR) is 72.3 cm³/mol. The summed E-state index contributed by atoms with van der Waals surface area (Å²) in [5.74, 6) is 0. The van der Waals surface area contributed by atoms with Gasteiger partial charge in [0, 0.05) is 6.04 Å². The fourth-order valence-electron chi connectivity index (χ4n) is 3.39. The van der Waals surface area contributed by atoms with Crippen LogP contribution in [0.2, 0.25) is 0 Å². The Kier molecular flexibility index (Phi) is 5.79. The highest BCUT2D eigenvalue weighted by Crippen LogP contribution is 2.26. The van der Waals surface area contributed by atoms with Gasteiger partial charge in [0.1, 0.15) is 0 Å². The highest BCUT2D eigenvalue weighted by atomic mass is 16.5. The number of likely N-dealkylation sites (N-methyl/N-ethyl adjacent to an activating group) is 1. The lowest BCUT2D eigenvalue weighted by Crippen LogP contribution is -2.40. The molecule has 2 heteroatoms. The number of nitrogens with one attached hydrogen (secondary N) is 1. The molecule has 0 amide bonds. The third-order valence-corrected chi connectivity index (χ3v) is 4.49. The van der Waals surface area contributed by atoms with Gasteiger partial charge in [-0.2, -0.15) is 0 Å². The summed E-state index contributed by atoms with van der Waals surface area (Å²) in [4.78, 5) is 0. The second kappa shape index (κ2) is 7.38. The average Bonchev–Trinajstić information content (AvgIpc) is 2.72. The molecule has 2 nitrogen and oxygen atoms in total. The van der Waals surface area contributed by atoms with Crippen LogP contribution in [0.3, 0.4) is 0 Å². The molecule has 2 fully saturated rings. The normalized spacial score (nSPS) is 33.0. The first-order valence-electron chi connectivity index (χ1n) is 7.73. The van der Waals surface area contributed by atoms with Crippen LogP contribution in [0.1, 0.15) is 70.6 Å². The average molecular weight is 239 g/mol. The van der Waals surface area contributed by atoms with Crippen molar-refractivity contribution in [2.24, 2.45) is 0 Å². The lowest BCUT2D eigenvalue weighted by molar-refractivity contribution is -0.0394. The lowest BCUT2D eigenvalue weighted by atomic mass is 10.0. The monoisotopic (exact) mass is 239 g/mol. The molecule has 0 aromatic rings. The molecule has 2 rings (SSSR count). The van der Waals surface area contributed by atoms with Crippen molar-refractivity contribution in [3.05, 3.63) is 0 Å². The fraction of sp³-hybridized carbons (Fsp3) is 1.00. The van der Waals surface area contributed by atoms with Crippen LogP contribution in [-0.4, -0.2) is 25.3 Å². The van der Waals surface area contributed by atoms with Crippen molar-refractivity contribution < 1.29 is 4.74 Å². The molecule has 0 aromatic heterocycles. The Morgan fingerprint density at radius 3 is 2.06 bits per heavy atom. The van der Waals surface area contributed by atoms with Gasteiger partial charge in [0.15, 0.2) is 0 Å². The summed E-state index contributed by atoms with van der Waals surface area (Å²) in [5.41, 5.74) is 0. The highest BCUT2D eigenvalue weighted by molar-refractivity contribution is 4.80. The number of hydrogen-bond donors (Lipinski definition) is 1. The molecular weight excluding hydrogens is 210 g/mol. The molecule has 0 spiro atoms. The Labute approximate surface area is 107 Å². The van der Waals surface area contributed by atoms with Crippen LogP contribution in [0, 0.1) is 0 Å². The Morgan fingerprint density at radius 1 is 0.765 bits per heavy atom. The van der Waals surface area contributed by atoms with Gasteiger partial charge in [-0.1, -0.05) is 44.9 Å². The van der Waals surface area contributed by atoms with Crippen LogP contribution in [-0.2, 0) is 4.74 Å². The second-order valence-corrected chi connectivity index (χ2v) is 5.82. The van der Waals surface area contributed by atoms with E-state index in [4.69, 9.17) is 4.74 Å². The molecular formula is C15H29NO. The molecule has 2 saturated carbocycles. The molecule has 100 valence electrons. The predicted octanol–water partition coefficient (Wildman–Crippen LogP) is 3.65. The molecule has 0 aromatic carbocycles. The molecule has 0 radical (unpaired) electrons. The Morgan fingerprint density at radius 2 is 1.35 bits per heavy atom. The Balaban J connectivity index is 1.84. The van der Waals surface area contributed by atoms with E-state index in [-0.39, 0.29) is 0 Å². The van der Waals surface area contributed by atoms with Crippen molar-refractivity contribution in [1.29, 1.82) is 0 Å². The zero-order valence-corrected chi connectivity index (χ0v) is 11.4. The molecule has 2 aliphatic carbocycles. The van der Waals surface area contributed by atoms with Crippen molar-refractivity contribution in [3.8, 4) is 0 Å². The van der Waals surface area contributed by atoms with E-state index in [1.165, 1.54) is 70.6 Å². The highest BCUT2D eigenvalue weighted by Gasteiger charge is 2.26. The summed E-state index contributed by atoms with van der Waals surface area (Å²) < 4.78 is 6.43. The van der Waals surface area contributed by atoms with Gasteiger partial charge in [0.05, 0.1) is 12.2 Å². The van der Waals surface area contributed by atoms with Gasteiger partial charge < -0.3 is 10.1 Å². The van der Waals surface area contributed by atoms with Gasteiger partial charge in [-0.25, -0.2) is 0 Å². The molecule has 0 bridgehead atoms. The molecule has 2 unspecified atom stereocenters. The van der Waals surface area contributed by atoms with Crippen LogP contribution in [0.5, 0.6) is 0 Å². The Bertz CT molecular complexity index is 199. The van der Waals surface area contributed by atoms with E-state index in [0.717, 1.165) is 0 Å². The summed E-state index contributed by atoms with van der Waals surface area (Å²) in [7, 11) is 2.10. The maximum absolute atomic E-state index is 6.43. The maximum Gasteiger partial charge on any atom is 0.0731 e. The molecule has 2 atom stereocenters. The summed E-state index contributed by atoms with van der Waals surface area (Å²) in [6.07, 6.45) is 15.9. The smallest absolute Gasteiger partial charge is 0.0731 e. The van der Waals surface area contributed by atoms with Gasteiger partial charge in [-0.15, -0.1) is 0 Å². The van der Waals surface area contributed by atoms with Crippen molar-refractivity contribution in [2.45, 2.75) is 88.9 Å². The third kappa shape index (κ3) is 4.26. The minimum Gasteiger partial charge on any atom is -0.373 e. The molecule has 0 heterocycles. The van der Waals surface area contributed by atoms with Gasteiger partial charge in [0.25, 0.3) is 0 Å². The molecule has 0 saturated heterocycles. The minimum absolute atomic E-state index is 0.477. The lowest BCUT2D eigenvalue weighted by Gasteiger charge is -2.29.